The molecule has 3 rings (SSSR count). The van der Waals surface area contributed by atoms with E-state index in [0.717, 1.165) is 37.5 Å². The number of amides is 3. The van der Waals surface area contributed by atoms with E-state index in [0.29, 0.717) is 18.4 Å². The number of likely N-dealkylation sites (tertiary alicyclic amines) is 1. The number of sulfone groups is 1. The van der Waals surface area contributed by atoms with E-state index in [1.165, 1.54) is 20.3 Å². The van der Waals surface area contributed by atoms with Crippen molar-refractivity contribution in [1.82, 2.24) is 20.9 Å². The lowest BCUT2D eigenvalue weighted by molar-refractivity contribution is -0.135. The van der Waals surface area contributed by atoms with Crippen LogP contribution in [0.1, 0.15) is 93.1 Å². The number of β-amino-alcohol motifs (C(OH)–C–C–N with tert-alkyl or cyclic N) is 1. The van der Waals surface area contributed by atoms with Gasteiger partial charge in [-0.25, -0.2) is 8.42 Å². The highest BCUT2D eigenvalue weighted by Crippen LogP contribution is 2.39. The molecule has 2 aliphatic rings. The smallest absolute Gasteiger partial charge is 0.244 e. The van der Waals surface area contributed by atoms with Gasteiger partial charge in [0.2, 0.25) is 17.7 Å². The van der Waals surface area contributed by atoms with Crippen molar-refractivity contribution in [3.05, 3.63) is 35.9 Å². The molecular weight excluding hydrogens is 604 g/mol. The standard InChI is InChI=1S/C35H58N4O6S/c1-33(2,3)32(43)37-29(35(7,8)46(9,44)45)31(42)36-26(19-23-15-11-10-12-16-23)28(40)22-39-21-25-18-14-13-17-24(25)20-27(39)30(41)38-34(4,5)6/h10-12,15-16,24-29,40H,13-14,17-22H2,1-9H3,(H,36,42)(H,37,43)(H,38,41)/t24-,25+,26-,27-,28+,29+/m0/s1. The molecule has 1 aromatic carbocycles. The third-order valence-electron chi connectivity index (χ3n) is 9.68. The number of carbonyl (C=O) groups excluding carboxylic acids is 3. The first kappa shape index (κ1) is 38.0. The molecule has 260 valence electrons. The zero-order valence-corrected chi connectivity index (χ0v) is 30.2. The van der Waals surface area contributed by atoms with Gasteiger partial charge in [0, 0.05) is 30.3 Å². The van der Waals surface area contributed by atoms with Crippen molar-refractivity contribution in [3.63, 3.8) is 0 Å². The van der Waals surface area contributed by atoms with Crippen molar-refractivity contribution in [2.45, 2.75) is 128 Å². The molecule has 0 aromatic heterocycles. The average molecular weight is 663 g/mol. The van der Waals surface area contributed by atoms with E-state index in [1.807, 2.05) is 51.1 Å². The summed E-state index contributed by atoms with van der Waals surface area (Å²) in [5.74, 6) is -0.321. The molecule has 0 spiro atoms. The molecule has 46 heavy (non-hydrogen) atoms. The Bertz CT molecular complexity index is 1320. The third-order valence-corrected chi connectivity index (χ3v) is 11.8. The van der Waals surface area contributed by atoms with E-state index in [9.17, 15) is 27.9 Å². The number of aliphatic hydroxyl groups excluding tert-OH is 1. The Morgan fingerprint density at radius 3 is 2.07 bits per heavy atom. The minimum absolute atomic E-state index is 0.0628. The topological polar surface area (TPSA) is 145 Å². The average Bonchev–Trinajstić information content (AvgIpc) is 2.93. The van der Waals surface area contributed by atoms with E-state index >= 15 is 0 Å². The first-order valence-electron chi connectivity index (χ1n) is 16.7. The molecule has 6 atom stereocenters. The van der Waals surface area contributed by atoms with E-state index in [1.54, 1.807) is 20.8 Å². The van der Waals surface area contributed by atoms with Gasteiger partial charge in [-0.1, -0.05) is 70.4 Å². The summed E-state index contributed by atoms with van der Waals surface area (Å²) in [6.45, 7) is 14.6. The van der Waals surface area contributed by atoms with Gasteiger partial charge in [-0.05, 0) is 71.3 Å². The number of aliphatic hydroxyl groups is 1. The van der Waals surface area contributed by atoms with E-state index in [-0.39, 0.29) is 18.9 Å². The van der Waals surface area contributed by atoms with Crippen LogP contribution < -0.4 is 16.0 Å². The maximum absolute atomic E-state index is 14.0. The zero-order chi connectivity index (χ0) is 34.7. The Morgan fingerprint density at radius 2 is 1.52 bits per heavy atom. The number of piperidine rings is 1. The Labute approximate surface area is 276 Å². The summed E-state index contributed by atoms with van der Waals surface area (Å²) in [7, 11) is -3.81. The highest BCUT2D eigenvalue weighted by molar-refractivity contribution is 7.92. The van der Waals surface area contributed by atoms with Crippen LogP contribution in [0.3, 0.4) is 0 Å². The van der Waals surface area contributed by atoms with Crippen LogP contribution in [0.25, 0.3) is 0 Å². The van der Waals surface area contributed by atoms with E-state index < -0.39 is 61.6 Å². The molecule has 0 unspecified atom stereocenters. The fourth-order valence-corrected chi connectivity index (χ4v) is 7.12. The molecular formula is C35H58N4O6S. The lowest BCUT2D eigenvalue weighted by Gasteiger charge is -2.47. The summed E-state index contributed by atoms with van der Waals surface area (Å²) in [5, 5.41) is 20.6. The molecule has 4 N–H and O–H groups in total. The molecule has 10 nitrogen and oxygen atoms in total. The van der Waals surface area contributed by atoms with Crippen molar-refractivity contribution in [2.75, 3.05) is 19.3 Å². The predicted molar refractivity (Wildman–Crippen MR) is 182 cm³/mol. The second kappa shape index (κ2) is 14.7. The maximum atomic E-state index is 14.0. The summed E-state index contributed by atoms with van der Waals surface area (Å²) in [5.41, 5.74) is -0.409. The number of rotatable bonds is 11. The maximum Gasteiger partial charge on any atom is 0.244 e. The fourth-order valence-electron chi connectivity index (χ4n) is 6.53. The van der Waals surface area contributed by atoms with Crippen LogP contribution in [-0.2, 0) is 30.6 Å². The lowest BCUT2D eigenvalue weighted by atomic mass is 9.72. The minimum Gasteiger partial charge on any atom is -0.390 e. The summed E-state index contributed by atoms with van der Waals surface area (Å²) < 4.78 is 24.1. The van der Waals surface area contributed by atoms with Crippen molar-refractivity contribution in [2.24, 2.45) is 17.3 Å². The summed E-state index contributed by atoms with van der Waals surface area (Å²) in [6, 6.07) is 6.78. The van der Waals surface area contributed by atoms with Gasteiger partial charge >= 0.3 is 0 Å². The number of nitrogens with zero attached hydrogens (tertiary/aromatic N) is 1. The Hall–Kier alpha value is -2.50. The number of hydrogen-bond acceptors (Lipinski definition) is 7. The van der Waals surface area contributed by atoms with Crippen molar-refractivity contribution in [1.29, 1.82) is 0 Å². The molecule has 1 aliphatic heterocycles. The van der Waals surface area contributed by atoms with Crippen LogP contribution in [0.15, 0.2) is 30.3 Å². The zero-order valence-electron chi connectivity index (χ0n) is 29.4. The van der Waals surface area contributed by atoms with Crippen LogP contribution in [0.2, 0.25) is 0 Å². The molecule has 0 bridgehead atoms. The fraction of sp³-hybridized carbons (Fsp3) is 0.743. The normalized spacial score (nSPS) is 23.4. The van der Waals surface area contributed by atoms with Crippen LogP contribution in [0.5, 0.6) is 0 Å². The lowest BCUT2D eigenvalue weighted by Crippen LogP contribution is -2.64. The van der Waals surface area contributed by atoms with Gasteiger partial charge < -0.3 is 21.1 Å². The second-order valence-corrected chi connectivity index (χ2v) is 18.8. The van der Waals surface area contributed by atoms with Gasteiger partial charge in [0.15, 0.2) is 9.84 Å². The van der Waals surface area contributed by atoms with Crippen molar-refractivity contribution < 1.29 is 27.9 Å². The minimum atomic E-state index is -3.81. The quantitative estimate of drug-likeness (QED) is 0.285. The Morgan fingerprint density at radius 1 is 0.935 bits per heavy atom. The van der Waals surface area contributed by atoms with Gasteiger partial charge in [0.05, 0.1) is 22.9 Å². The van der Waals surface area contributed by atoms with Gasteiger partial charge in [-0.15, -0.1) is 0 Å². The van der Waals surface area contributed by atoms with Gasteiger partial charge in [0.25, 0.3) is 0 Å². The van der Waals surface area contributed by atoms with Crippen LogP contribution >= 0.6 is 0 Å². The van der Waals surface area contributed by atoms with Crippen LogP contribution in [-0.4, -0.2) is 90.0 Å². The molecule has 2 fully saturated rings. The van der Waals surface area contributed by atoms with E-state index in [4.69, 9.17) is 0 Å². The number of nitrogens with one attached hydrogen (secondary N) is 3. The Balaban J connectivity index is 1.94. The van der Waals surface area contributed by atoms with Crippen LogP contribution in [0, 0.1) is 17.3 Å². The van der Waals surface area contributed by atoms with Gasteiger partial charge in [0.1, 0.15) is 6.04 Å². The monoisotopic (exact) mass is 662 g/mol. The number of fused-ring (bicyclic) bond motifs is 1. The molecule has 1 aromatic rings. The number of benzene rings is 1. The second-order valence-electron chi connectivity index (χ2n) is 16.2. The Kier molecular flexibility index (Phi) is 12.2. The third kappa shape index (κ3) is 10.0. The van der Waals surface area contributed by atoms with Crippen molar-refractivity contribution in [3.8, 4) is 0 Å². The SMILES string of the molecule is CC(C)(C)NC(=O)[C@@H]1C[C@@H]2CCCC[C@@H]2CN1C[C@@H](O)[C@H](Cc1ccccc1)NC(=O)[C@@H](NC(=O)C(C)(C)C)C(C)(C)S(C)(=O)=O. The highest BCUT2D eigenvalue weighted by Gasteiger charge is 2.47. The highest BCUT2D eigenvalue weighted by atomic mass is 32.2. The van der Waals surface area contributed by atoms with Gasteiger partial charge in [-0.2, -0.15) is 0 Å². The molecule has 11 heteroatoms. The van der Waals surface area contributed by atoms with Crippen molar-refractivity contribution >= 4 is 27.6 Å². The van der Waals surface area contributed by atoms with E-state index in [2.05, 4.69) is 20.9 Å². The number of hydrogen-bond donors (Lipinski definition) is 4. The summed E-state index contributed by atoms with van der Waals surface area (Å²) in [6.07, 6.45) is 5.46. The molecule has 1 heterocycles. The van der Waals surface area contributed by atoms with Gasteiger partial charge in [-0.3, -0.25) is 19.3 Å². The molecule has 1 aliphatic carbocycles. The van der Waals surface area contributed by atoms with Crippen LogP contribution in [0.4, 0.5) is 0 Å². The number of carbonyl (C=O) groups is 3. The molecule has 1 saturated carbocycles. The molecule has 1 saturated heterocycles. The first-order chi connectivity index (χ1) is 21.1. The predicted octanol–water partition coefficient (Wildman–Crippen LogP) is 3.22. The molecule has 3 amide bonds. The molecule has 0 radical (unpaired) electrons. The summed E-state index contributed by atoms with van der Waals surface area (Å²) in [4.78, 5) is 42.8. The first-order valence-corrected chi connectivity index (χ1v) is 18.6. The summed E-state index contributed by atoms with van der Waals surface area (Å²) >= 11 is 0. The largest absolute Gasteiger partial charge is 0.390 e.